The Bertz CT molecular complexity index is 938. The van der Waals surface area contributed by atoms with Crippen LogP contribution in [0.15, 0.2) is 73.1 Å². The molecule has 28 heavy (non-hydrogen) atoms. The van der Waals surface area contributed by atoms with E-state index in [2.05, 4.69) is 10.3 Å². The number of pyridine rings is 1. The molecule has 0 aliphatic rings. The van der Waals surface area contributed by atoms with Crippen LogP contribution in [0.3, 0.4) is 0 Å². The van der Waals surface area contributed by atoms with Crippen molar-refractivity contribution in [2.75, 3.05) is 0 Å². The number of halogens is 2. The topological polar surface area (TPSA) is 51.2 Å². The van der Waals surface area contributed by atoms with E-state index in [1.807, 2.05) is 36.4 Å². The van der Waals surface area contributed by atoms with Gasteiger partial charge in [-0.3, -0.25) is 9.78 Å². The van der Waals surface area contributed by atoms with E-state index in [4.69, 9.17) is 4.74 Å². The third-order valence-electron chi connectivity index (χ3n) is 3.92. The maximum atomic E-state index is 13.5. The van der Waals surface area contributed by atoms with Gasteiger partial charge in [-0.1, -0.05) is 24.3 Å². The number of carbonyl (C=O) groups is 1. The number of benzene rings is 2. The zero-order chi connectivity index (χ0) is 19.8. The van der Waals surface area contributed by atoms with Gasteiger partial charge >= 0.3 is 0 Å². The van der Waals surface area contributed by atoms with Crippen LogP contribution in [-0.4, -0.2) is 10.9 Å². The summed E-state index contributed by atoms with van der Waals surface area (Å²) in [5.41, 5.74) is 1.59. The molecular formula is C22H18F2N2O2. The minimum absolute atomic E-state index is 0.243. The van der Waals surface area contributed by atoms with Gasteiger partial charge in [0.05, 0.1) is 0 Å². The van der Waals surface area contributed by atoms with Crippen LogP contribution in [0, 0.1) is 11.6 Å². The van der Waals surface area contributed by atoms with Gasteiger partial charge in [-0.15, -0.1) is 0 Å². The van der Waals surface area contributed by atoms with Crippen LogP contribution < -0.4 is 10.1 Å². The molecule has 0 bridgehead atoms. The van der Waals surface area contributed by atoms with Crippen LogP contribution in [0.2, 0.25) is 0 Å². The Kier molecular flexibility index (Phi) is 6.46. The van der Waals surface area contributed by atoms with Crippen LogP contribution in [0.25, 0.3) is 6.08 Å². The summed E-state index contributed by atoms with van der Waals surface area (Å²) < 4.78 is 32.7. The first-order valence-corrected chi connectivity index (χ1v) is 8.62. The third kappa shape index (κ3) is 5.48. The summed E-state index contributed by atoms with van der Waals surface area (Å²) >= 11 is 0. The summed E-state index contributed by atoms with van der Waals surface area (Å²) in [5.74, 6) is -1.18. The SMILES string of the molecule is O=C(C=Cc1c(F)cccc1F)NCc1ccc(OCc2cccnc2)cc1. The summed E-state index contributed by atoms with van der Waals surface area (Å²) in [6.45, 7) is 0.702. The van der Waals surface area contributed by atoms with Crippen molar-refractivity contribution < 1.29 is 18.3 Å². The monoisotopic (exact) mass is 380 g/mol. The molecule has 0 atom stereocenters. The fraction of sp³-hybridized carbons (Fsp3) is 0.0909. The highest BCUT2D eigenvalue weighted by Gasteiger charge is 2.05. The molecule has 1 heterocycles. The van der Waals surface area contributed by atoms with E-state index in [1.165, 1.54) is 6.07 Å². The number of hydrogen-bond acceptors (Lipinski definition) is 3. The number of rotatable bonds is 7. The van der Waals surface area contributed by atoms with E-state index in [0.717, 1.165) is 35.4 Å². The first kappa shape index (κ1) is 19.2. The Morgan fingerprint density at radius 1 is 1.00 bits per heavy atom. The second-order valence-corrected chi connectivity index (χ2v) is 5.98. The summed E-state index contributed by atoms with van der Waals surface area (Å²) in [4.78, 5) is 15.9. The van der Waals surface area contributed by atoms with Crippen LogP contribution in [0.5, 0.6) is 5.75 Å². The molecule has 4 nitrogen and oxygen atoms in total. The number of nitrogens with zero attached hydrogens (tertiary/aromatic N) is 1. The molecule has 1 aromatic heterocycles. The molecule has 0 fully saturated rings. The summed E-state index contributed by atoms with van der Waals surface area (Å²) in [5, 5.41) is 2.67. The van der Waals surface area contributed by atoms with E-state index in [0.29, 0.717) is 12.4 Å². The predicted octanol–water partition coefficient (Wildman–Crippen LogP) is 4.27. The van der Waals surface area contributed by atoms with Crippen molar-refractivity contribution in [1.29, 1.82) is 0 Å². The van der Waals surface area contributed by atoms with Crippen molar-refractivity contribution in [3.63, 3.8) is 0 Å². The standard InChI is InChI=1S/C22H18F2N2O2/c23-20-4-1-5-21(24)19(20)10-11-22(27)26-14-16-6-8-18(9-7-16)28-15-17-3-2-12-25-13-17/h1-13H,14-15H2,(H,26,27). The van der Waals surface area contributed by atoms with E-state index >= 15 is 0 Å². The van der Waals surface area contributed by atoms with Crippen LogP contribution >= 0.6 is 0 Å². The lowest BCUT2D eigenvalue weighted by atomic mass is 10.2. The number of amides is 1. The normalized spacial score (nSPS) is 10.8. The van der Waals surface area contributed by atoms with Crippen LogP contribution in [0.4, 0.5) is 8.78 Å². The molecule has 6 heteroatoms. The van der Waals surface area contributed by atoms with Gasteiger partial charge in [0.15, 0.2) is 0 Å². The van der Waals surface area contributed by atoms with Gasteiger partial charge in [0.1, 0.15) is 24.0 Å². The maximum absolute atomic E-state index is 13.5. The van der Waals surface area contributed by atoms with Gasteiger partial charge in [-0.2, -0.15) is 0 Å². The van der Waals surface area contributed by atoms with Crippen molar-refractivity contribution in [2.24, 2.45) is 0 Å². The average molecular weight is 380 g/mol. The number of aromatic nitrogens is 1. The fourth-order valence-corrected chi connectivity index (χ4v) is 2.43. The first-order chi connectivity index (χ1) is 13.6. The van der Waals surface area contributed by atoms with Gasteiger partial charge < -0.3 is 10.1 Å². The predicted molar refractivity (Wildman–Crippen MR) is 102 cm³/mol. The van der Waals surface area contributed by atoms with Crippen LogP contribution in [-0.2, 0) is 17.9 Å². The lowest BCUT2D eigenvalue weighted by molar-refractivity contribution is -0.116. The maximum Gasteiger partial charge on any atom is 0.244 e. The summed E-state index contributed by atoms with van der Waals surface area (Å²) in [6.07, 6.45) is 5.67. The second kappa shape index (κ2) is 9.41. The average Bonchev–Trinajstić information content (AvgIpc) is 2.72. The molecule has 1 N–H and O–H groups in total. The van der Waals surface area contributed by atoms with Crippen molar-refractivity contribution in [3.05, 3.63) is 101 Å². The van der Waals surface area contributed by atoms with E-state index in [1.54, 1.807) is 12.4 Å². The number of ether oxygens (including phenoxy) is 1. The molecule has 0 unspecified atom stereocenters. The van der Waals surface area contributed by atoms with Gasteiger partial charge in [0.2, 0.25) is 5.91 Å². The lowest BCUT2D eigenvalue weighted by Gasteiger charge is -2.07. The highest BCUT2D eigenvalue weighted by Crippen LogP contribution is 2.15. The second-order valence-electron chi connectivity index (χ2n) is 5.98. The van der Waals surface area contributed by atoms with Crippen molar-refractivity contribution >= 4 is 12.0 Å². The minimum Gasteiger partial charge on any atom is -0.489 e. The summed E-state index contributed by atoms with van der Waals surface area (Å²) in [7, 11) is 0. The van der Waals surface area contributed by atoms with Crippen LogP contribution in [0.1, 0.15) is 16.7 Å². The Balaban J connectivity index is 1.49. The number of carbonyl (C=O) groups excluding carboxylic acids is 1. The molecule has 0 radical (unpaired) electrons. The van der Waals surface area contributed by atoms with E-state index < -0.39 is 17.5 Å². The van der Waals surface area contributed by atoms with Crippen molar-refractivity contribution in [2.45, 2.75) is 13.2 Å². The molecule has 3 aromatic rings. The van der Waals surface area contributed by atoms with E-state index in [9.17, 15) is 13.6 Å². The minimum atomic E-state index is -0.717. The van der Waals surface area contributed by atoms with Gasteiger partial charge in [0, 0.05) is 36.1 Å². The largest absolute Gasteiger partial charge is 0.489 e. The Labute approximate surface area is 161 Å². The molecular weight excluding hydrogens is 362 g/mol. The van der Waals surface area contributed by atoms with Crippen molar-refractivity contribution in [3.8, 4) is 5.75 Å². The first-order valence-electron chi connectivity index (χ1n) is 8.62. The third-order valence-corrected chi connectivity index (χ3v) is 3.92. The Hall–Kier alpha value is -3.54. The molecule has 0 saturated carbocycles. The van der Waals surface area contributed by atoms with Gasteiger partial charge in [0.25, 0.3) is 0 Å². The number of hydrogen-bond donors (Lipinski definition) is 1. The summed E-state index contributed by atoms with van der Waals surface area (Å²) in [6, 6.07) is 14.6. The molecule has 3 rings (SSSR count). The highest BCUT2D eigenvalue weighted by molar-refractivity contribution is 5.91. The highest BCUT2D eigenvalue weighted by atomic mass is 19.1. The smallest absolute Gasteiger partial charge is 0.244 e. The molecule has 0 saturated heterocycles. The molecule has 0 aliphatic carbocycles. The molecule has 0 spiro atoms. The van der Waals surface area contributed by atoms with Gasteiger partial charge in [-0.05, 0) is 42.0 Å². The van der Waals surface area contributed by atoms with Crippen molar-refractivity contribution in [1.82, 2.24) is 10.3 Å². The molecule has 0 aliphatic heterocycles. The molecule has 1 amide bonds. The zero-order valence-corrected chi connectivity index (χ0v) is 14.9. The van der Waals surface area contributed by atoms with E-state index in [-0.39, 0.29) is 12.1 Å². The number of nitrogens with one attached hydrogen (secondary N) is 1. The lowest BCUT2D eigenvalue weighted by Crippen LogP contribution is -2.20. The Morgan fingerprint density at radius 2 is 1.75 bits per heavy atom. The van der Waals surface area contributed by atoms with Gasteiger partial charge in [-0.25, -0.2) is 8.78 Å². The Morgan fingerprint density at radius 3 is 2.43 bits per heavy atom. The quantitative estimate of drug-likeness (QED) is 0.623. The fourth-order valence-electron chi connectivity index (χ4n) is 2.43. The molecule has 2 aromatic carbocycles. The zero-order valence-electron chi connectivity index (χ0n) is 14.9. The molecule has 142 valence electrons.